The van der Waals surface area contributed by atoms with Crippen molar-refractivity contribution in [2.75, 3.05) is 0 Å². The molecule has 1 N–H and O–H groups in total. The SMILES string of the molecule is O=C(NCc1ccc(S(=O)(=O)Cl)cc1)c1cccnc1. The van der Waals surface area contributed by atoms with Gasteiger partial charge in [0.25, 0.3) is 15.0 Å². The van der Waals surface area contributed by atoms with Gasteiger partial charge in [-0.15, -0.1) is 0 Å². The van der Waals surface area contributed by atoms with E-state index in [9.17, 15) is 13.2 Å². The minimum absolute atomic E-state index is 0.0292. The summed E-state index contributed by atoms with van der Waals surface area (Å²) in [4.78, 5) is 15.7. The van der Waals surface area contributed by atoms with Crippen molar-refractivity contribution in [2.24, 2.45) is 0 Å². The summed E-state index contributed by atoms with van der Waals surface area (Å²) in [6.45, 7) is 0.288. The molecule has 0 fully saturated rings. The molecular weight excluding hydrogens is 300 g/mol. The van der Waals surface area contributed by atoms with Gasteiger partial charge in [0, 0.05) is 29.6 Å². The summed E-state index contributed by atoms with van der Waals surface area (Å²) < 4.78 is 22.2. The van der Waals surface area contributed by atoms with E-state index in [1.54, 1.807) is 30.5 Å². The maximum atomic E-state index is 11.8. The summed E-state index contributed by atoms with van der Waals surface area (Å²) in [6.07, 6.45) is 3.06. The van der Waals surface area contributed by atoms with E-state index in [1.165, 1.54) is 18.3 Å². The van der Waals surface area contributed by atoms with Crippen molar-refractivity contribution < 1.29 is 13.2 Å². The van der Waals surface area contributed by atoms with Gasteiger partial charge in [-0.3, -0.25) is 9.78 Å². The number of nitrogens with one attached hydrogen (secondary N) is 1. The molecule has 2 aromatic rings. The Kier molecular flexibility index (Phi) is 4.36. The molecule has 5 nitrogen and oxygen atoms in total. The molecule has 104 valence electrons. The van der Waals surface area contributed by atoms with Gasteiger partial charge in [0.15, 0.2) is 0 Å². The van der Waals surface area contributed by atoms with Crippen molar-refractivity contribution in [2.45, 2.75) is 11.4 Å². The van der Waals surface area contributed by atoms with Crippen LogP contribution in [0.15, 0.2) is 53.7 Å². The van der Waals surface area contributed by atoms with Crippen LogP contribution in [-0.4, -0.2) is 19.3 Å². The van der Waals surface area contributed by atoms with Crippen LogP contribution in [0.4, 0.5) is 0 Å². The second-order valence-corrected chi connectivity index (χ2v) is 6.57. The van der Waals surface area contributed by atoms with Gasteiger partial charge in [-0.25, -0.2) is 8.42 Å². The third-order valence-corrected chi connectivity index (χ3v) is 3.95. The third-order valence-electron chi connectivity index (χ3n) is 2.58. The third kappa shape index (κ3) is 3.79. The molecular formula is C13H11ClN2O3S. The molecule has 2 rings (SSSR count). The average molecular weight is 311 g/mol. The number of rotatable bonds is 4. The number of benzene rings is 1. The Morgan fingerprint density at radius 3 is 2.45 bits per heavy atom. The second kappa shape index (κ2) is 6.02. The Bertz CT molecular complexity index is 700. The first-order chi connectivity index (χ1) is 9.47. The Morgan fingerprint density at radius 1 is 1.20 bits per heavy atom. The number of amides is 1. The number of halogens is 1. The molecule has 0 saturated carbocycles. The lowest BCUT2D eigenvalue weighted by Gasteiger charge is -2.05. The fraction of sp³-hybridized carbons (Fsp3) is 0.0769. The molecule has 0 bridgehead atoms. The molecule has 1 aromatic heterocycles. The first kappa shape index (κ1) is 14.5. The molecule has 20 heavy (non-hydrogen) atoms. The minimum atomic E-state index is -3.72. The standard InChI is InChI=1S/C13H11ClN2O3S/c14-20(18,19)12-5-3-10(4-6-12)8-16-13(17)11-2-1-7-15-9-11/h1-7,9H,8H2,(H,16,17). The van der Waals surface area contributed by atoms with Crippen LogP contribution in [0.5, 0.6) is 0 Å². The van der Waals surface area contributed by atoms with Crippen LogP contribution in [0.2, 0.25) is 0 Å². The Hall–Kier alpha value is -1.92. The summed E-state index contributed by atoms with van der Waals surface area (Å²) in [7, 11) is 1.50. The van der Waals surface area contributed by atoms with Crippen molar-refractivity contribution in [1.82, 2.24) is 10.3 Å². The fourth-order valence-corrected chi connectivity index (χ4v) is 2.32. The number of pyridine rings is 1. The van der Waals surface area contributed by atoms with Crippen molar-refractivity contribution in [3.05, 3.63) is 59.9 Å². The molecule has 7 heteroatoms. The summed E-state index contributed by atoms with van der Waals surface area (Å²) in [5, 5.41) is 2.71. The van der Waals surface area contributed by atoms with Crippen molar-refractivity contribution in [1.29, 1.82) is 0 Å². The quantitative estimate of drug-likeness (QED) is 0.876. The maximum Gasteiger partial charge on any atom is 0.261 e. The van der Waals surface area contributed by atoms with Gasteiger partial charge >= 0.3 is 0 Å². The molecule has 0 spiro atoms. The smallest absolute Gasteiger partial charge is 0.261 e. The number of hydrogen-bond donors (Lipinski definition) is 1. The molecule has 1 heterocycles. The zero-order valence-electron chi connectivity index (χ0n) is 10.3. The van der Waals surface area contributed by atoms with Crippen LogP contribution in [-0.2, 0) is 15.6 Å². The summed E-state index contributed by atoms with van der Waals surface area (Å²) in [5.74, 6) is -0.243. The fourth-order valence-electron chi connectivity index (χ4n) is 1.55. The average Bonchev–Trinajstić information content (AvgIpc) is 2.45. The van der Waals surface area contributed by atoms with Crippen LogP contribution < -0.4 is 5.32 Å². The first-order valence-electron chi connectivity index (χ1n) is 5.68. The monoisotopic (exact) mass is 310 g/mol. The van der Waals surface area contributed by atoms with Gasteiger partial charge in [-0.1, -0.05) is 12.1 Å². The highest BCUT2D eigenvalue weighted by atomic mass is 35.7. The van der Waals surface area contributed by atoms with Gasteiger partial charge in [0.2, 0.25) is 0 Å². The van der Waals surface area contributed by atoms with Gasteiger partial charge in [0.05, 0.1) is 10.5 Å². The van der Waals surface area contributed by atoms with Gasteiger partial charge in [-0.2, -0.15) is 0 Å². The minimum Gasteiger partial charge on any atom is -0.348 e. The highest BCUT2D eigenvalue weighted by Crippen LogP contribution is 2.15. The Labute approximate surface area is 121 Å². The lowest BCUT2D eigenvalue weighted by atomic mass is 10.2. The lowest BCUT2D eigenvalue weighted by molar-refractivity contribution is 0.0950. The normalized spacial score (nSPS) is 11.1. The summed E-state index contributed by atoms with van der Waals surface area (Å²) in [5.41, 5.74) is 1.23. The van der Waals surface area contributed by atoms with Gasteiger partial charge < -0.3 is 5.32 Å². The molecule has 0 radical (unpaired) electrons. The number of carbonyl (C=O) groups is 1. The Balaban J connectivity index is 2.00. The topological polar surface area (TPSA) is 76.1 Å². The van der Waals surface area contributed by atoms with E-state index in [2.05, 4.69) is 10.3 Å². The second-order valence-electron chi connectivity index (χ2n) is 4.01. The predicted molar refractivity (Wildman–Crippen MR) is 74.9 cm³/mol. The van der Waals surface area contributed by atoms with Gasteiger partial charge in [0.1, 0.15) is 0 Å². The highest BCUT2D eigenvalue weighted by molar-refractivity contribution is 8.13. The van der Waals surface area contributed by atoms with Crippen LogP contribution >= 0.6 is 10.7 Å². The highest BCUT2D eigenvalue weighted by Gasteiger charge is 2.09. The van der Waals surface area contributed by atoms with E-state index in [1.807, 2.05) is 0 Å². The number of nitrogens with zero attached hydrogens (tertiary/aromatic N) is 1. The van der Waals surface area contributed by atoms with Crippen LogP contribution in [0.3, 0.4) is 0 Å². The first-order valence-corrected chi connectivity index (χ1v) is 7.99. The predicted octanol–water partition coefficient (Wildman–Crippen LogP) is 1.94. The molecule has 0 saturated heterocycles. The number of aromatic nitrogens is 1. The summed E-state index contributed by atoms with van der Waals surface area (Å²) >= 11 is 0. The van der Waals surface area contributed by atoms with Crippen LogP contribution in [0.25, 0.3) is 0 Å². The maximum absolute atomic E-state index is 11.8. The van der Waals surface area contributed by atoms with Crippen LogP contribution in [0.1, 0.15) is 15.9 Å². The molecule has 1 amide bonds. The van der Waals surface area contributed by atoms with E-state index in [0.717, 1.165) is 5.56 Å². The van der Waals surface area contributed by atoms with Crippen LogP contribution in [0, 0.1) is 0 Å². The van der Waals surface area contributed by atoms with E-state index in [-0.39, 0.29) is 17.3 Å². The zero-order valence-corrected chi connectivity index (χ0v) is 11.9. The van der Waals surface area contributed by atoms with Crippen molar-refractivity contribution >= 4 is 25.6 Å². The molecule has 0 aliphatic heterocycles. The van der Waals surface area contributed by atoms with Gasteiger partial charge in [-0.05, 0) is 29.8 Å². The molecule has 0 atom stereocenters. The molecule has 1 aromatic carbocycles. The van der Waals surface area contributed by atoms with E-state index < -0.39 is 9.05 Å². The number of hydrogen-bond acceptors (Lipinski definition) is 4. The summed E-state index contributed by atoms with van der Waals surface area (Å²) in [6, 6.07) is 9.32. The Morgan fingerprint density at radius 2 is 1.90 bits per heavy atom. The van der Waals surface area contributed by atoms with E-state index in [0.29, 0.717) is 5.56 Å². The largest absolute Gasteiger partial charge is 0.348 e. The van der Waals surface area contributed by atoms with Crippen molar-refractivity contribution in [3.8, 4) is 0 Å². The molecule has 0 aliphatic rings. The molecule has 0 aliphatic carbocycles. The zero-order chi connectivity index (χ0) is 14.6. The van der Waals surface area contributed by atoms with E-state index >= 15 is 0 Å². The number of carbonyl (C=O) groups excluding carboxylic acids is 1. The van der Waals surface area contributed by atoms with E-state index in [4.69, 9.17) is 10.7 Å². The molecule has 0 unspecified atom stereocenters. The van der Waals surface area contributed by atoms with Crippen molar-refractivity contribution in [3.63, 3.8) is 0 Å². The lowest BCUT2D eigenvalue weighted by Crippen LogP contribution is -2.22.